The Morgan fingerprint density at radius 3 is 2.54 bits per heavy atom. The van der Waals surface area contributed by atoms with E-state index in [0.29, 0.717) is 18.4 Å². The second-order valence-corrected chi connectivity index (χ2v) is 7.52. The normalized spacial score (nSPS) is 10.5. The molecule has 3 aromatic rings. The zero-order chi connectivity index (χ0) is 20.7. The Balaban J connectivity index is 0.00000136. The van der Waals surface area contributed by atoms with Gasteiger partial charge in [0.15, 0.2) is 0 Å². The summed E-state index contributed by atoms with van der Waals surface area (Å²) in [7, 11) is 1.84. The van der Waals surface area contributed by atoms with E-state index >= 15 is 0 Å². The van der Waals surface area contributed by atoms with Crippen LogP contribution in [0.4, 0.5) is 0 Å². The number of aliphatic hydroxyl groups excluding tert-OH is 1. The van der Waals surface area contributed by atoms with Crippen molar-refractivity contribution < 1.29 is 9.90 Å². The number of hydrogen-bond acceptors (Lipinski definition) is 4. The number of carbonyl (C=O) groups excluding carboxylic acids is 1. The van der Waals surface area contributed by atoms with Crippen LogP contribution in [0.3, 0.4) is 0 Å². The molecule has 2 heterocycles. The number of aryl methyl sites for hydroxylation is 3. The number of nitrogens with zero attached hydrogens (tertiary/aromatic N) is 1. The van der Waals surface area contributed by atoms with E-state index < -0.39 is 0 Å². The number of amides is 1. The maximum atomic E-state index is 12.7. The lowest BCUT2D eigenvalue weighted by Gasteiger charge is -2.08. The molecule has 0 radical (unpaired) electrons. The molecule has 0 aliphatic carbocycles. The highest BCUT2D eigenvalue weighted by Crippen LogP contribution is 2.24. The molecule has 2 aromatic heterocycles. The van der Waals surface area contributed by atoms with Gasteiger partial charge < -0.3 is 15.0 Å². The van der Waals surface area contributed by atoms with Crippen molar-refractivity contribution in [3.05, 3.63) is 68.3 Å². The lowest BCUT2D eigenvalue weighted by atomic mass is 10.1. The van der Waals surface area contributed by atoms with E-state index in [2.05, 4.69) is 5.32 Å². The lowest BCUT2D eigenvalue weighted by molar-refractivity contribution is 0.0949. The minimum absolute atomic E-state index is 0.122. The first-order valence-electron chi connectivity index (χ1n) is 9.56. The van der Waals surface area contributed by atoms with Crippen LogP contribution in [0, 0.1) is 6.92 Å². The van der Waals surface area contributed by atoms with Crippen LogP contribution in [-0.2, 0) is 20.0 Å². The molecule has 0 saturated carbocycles. The summed E-state index contributed by atoms with van der Waals surface area (Å²) < 4.78 is 1.82. The Kier molecular flexibility index (Phi) is 7.96. The van der Waals surface area contributed by atoms with Crippen LogP contribution in [-0.4, -0.2) is 22.2 Å². The average molecular weight is 401 g/mol. The van der Waals surface area contributed by atoms with Crippen molar-refractivity contribution in [2.24, 2.45) is 7.05 Å². The Labute approximate surface area is 169 Å². The molecule has 2 N–H and O–H groups in total. The van der Waals surface area contributed by atoms with Crippen molar-refractivity contribution in [2.45, 2.75) is 40.2 Å². The number of fused-ring (bicyclic) bond motifs is 1. The molecule has 0 fully saturated rings. The maximum absolute atomic E-state index is 12.7. The van der Waals surface area contributed by atoms with Crippen molar-refractivity contribution in [3.63, 3.8) is 0 Å². The molecule has 3 rings (SSSR count). The summed E-state index contributed by atoms with van der Waals surface area (Å²) in [5.74, 6) is -0.365. The molecule has 0 saturated heterocycles. The monoisotopic (exact) mass is 400 g/mol. The number of pyridine rings is 1. The largest absolute Gasteiger partial charge is 0.396 e. The maximum Gasteiger partial charge on any atom is 0.257 e. The van der Waals surface area contributed by atoms with Gasteiger partial charge in [0, 0.05) is 31.3 Å². The van der Waals surface area contributed by atoms with Crippen molar-refractivity contribution in [1.29, 1.82) is 0 Å². The first-order valence-corrected chi connectivity index (χ1v) is 10.4. The fraction of sp³-hybridized carbons (Fsp3) is 0.364. The van der Waals surface area contributed by atoms with Gasteiger partial charge in [-0.05, 0) is 31.4 Å². The lowest BCUT2D eigenvalue weighted by Crippen LogP contribution is -2.29. The Bertz CT molecular complexity index is 987. The molecule has 1 amide bonds. The molecule has 0 spiro atoms. The van der Waals surface area contributed by atoms with Gasteiger partial charge in [0.1, 0.15) is 10.4 Å². The third-order valence-electron chi connectivity index (χ3n) is 4.30. The Morgan fingerprint density at radius 1 is 1.21 bits per heavy atom. The molecule has 0 atom stereocenters. The second kappa shape index (κ2) is 10.2. The Morgan fingerprint density at radius 2 is 1.89 bits per heavy atom. The van der Waals surface area contributed by atoms with Gasteiger partial charge in [-0.2, -0.15) is 0 Å². The zero-order valence-corrected chi connectivity index (χ0v) is 17.7. The number of aliphatic hydroxyl groups is 1. The van der Waals surface area contributed by atoms with E-state index in [1.54, 1.807) is 6.20 Å². The van der Waals surface area contributed by atoms with E-state index in [1.165, 1.54) is 11.3 Å². The van der Waals surface area contributed by atoms with Gasteiger partial charge in [0.25, 0.3) is 5.91 Å². The predicted molar refractivity (Wildman–Crippen MR) is 116 cm³/mol. The zero-order valence-electron chi connectivity index (χ0n) is 16.9. The summed E-state index contributed by atoms with van der Waals surface area (Å²) in [4.78, 5) is 27.2. The van der Waals surface area contributed by atoms with Gasteiger partial charge in [-0.25, -0.2) is 0 Å². The number of nitrogens with one attached hydrogen (secondary N) is 1. The molecular weight excluding hydrogens is 372 g/mol. The number of benzene rings is 1. The van der Waals surface area contributed by atoms with Crippen molar-refractivity contribution in [2.75, 3.05) is 6.61 Å². The van der Waals surface area contributed by atoms with E-state index in [4.69, 9.17) is 5.11 Å². The van der Waals surface area contributed by atoms with E-state index in [-0.39, 0.29) is 23.5 Å². The summed E-state index contributed by atoms with van der Waals surface area (Å²) in [6.07, 6.45) is 2.99. The van der Waals surface area contributed by atoms with Crippen LogP contribution in [0.25, 0.3) is 10.2 Å². The summed E-state index contributed by atoms with van der Waals surface area (Å²) in [6.45, 7) is 6.51. The highest BCUT2D eigenvalue weighted by molar-refractivity contribution is 7.18. The molecule has 28 heavy (non-hydrogen) atoms. The molecule has 0 aliphatic rings. The molecule has 150 valence electrons. The summed E-state index contributed by atoms with van der Waals surface area (Å²) >= 11 is 1.53. The molecule has 6 heteroatoms. The Hall–Kier alpha value is -2.44. The van der Waals surface area contributed by atoms with Crippen molar-refractivity contribution in [3.8, 4) is 0 Å². The average Bonchev–Trinajstić information content (AvgIpc) is 3.15. The van der Waals surface area contributed by atoms with Gasteiger partial charge in [-0.15, -0.1) is 11.3 Å². The molecule has 1 aromatic carbocycles. The molecule has 5 nitrogen and oxygen atoms in total. The summed E-state index contributed by atoms with van der Waals surface area (Å²) in [6, 6.07) is 9.75. The fourth-order valence-corrected chi connectivity index (χ4v) is 3.96. The first-order chi connectivity index (χ1) is 13.5. The minimum Gasteiger partial charge on any atom is -0.396 e. The topological polar surface area (TPSA) is 71.3 Å². The fourth-order valence-electron chi connectivity index (χ4n) is 2.83. The molecule has 0 unspecified atom stereocenters. The highest BCUT2D eigenvalue weighted by Gasteiger charge is 2.16. The van der Waals surface area contributed by atoms with Crippen LogP contribution in [0.1, 0.15) is 46.6 Å². The van der Waals surface area contributed by atoms with E-state index in [1.807, 2.05) is 62.7 Å². The van der Waals surface area contributed by atoms with Gasteiger partial charge >= 0.3 is 0 Å². The second-order valence-electron chi connectivity index (χ2n) is 6.41. The van der Waals surface area contributed by atoms with Gasteiger partial charge in [0.05, 0.1) is 5.39 Å². The van der Waals surface area contributed by atoms with Crippen LogP contribution in [0.5, 0.6) is 0 Å². The third-order valence-corrected chi connectivity index (χ3v) is 5.58. The number of thiophene rings is 1. The first kappa shape index (κ1) is 21.9. The van der Waals surface area contributed by atoms with E-state index in [0.717, 1.165) is 27.3 Å². The smallest absolute Gasteiger partial charge is 0.257 e. The molecular formula is C22H28N2O3S. The third kappa shape index (κ3) is 5.09. The standard InChI is InChI=1S/C20H22N2O3S.C2H6/c1-13-5-7-14(8-6-13)11-21-19(25)17-12-22(2)20-16(18(17)24)10-15(26-20)4-3-9-23;1-2/h5-8,10,12,23H,3-4,9,11H2,1-2H3,(H,21,25);1-2H3. The SMILES string of the molecule is CC.Cc1ccc(CNC(=O)c2cn(C)c3sc(CCCO)cc3c2=O)cc1. The summed E-state index contributed by atoms with van der Waals surface area (Å²) in [5.41, 5.74) is 2.06. The van der Waals surface area contributed by atoms with Crippen LogP contribution in [0.15, 0.2) is 41.3 Å². The van der Waals surface area contributed by atoms with Crippen LogP contribution >= 0.6 is 11.3 Å². The quantitative estimate of drug-likeness (QED) is 0.661. The van der Waals surface area contributed by atoms with E-state index in [9.17, 15) is 9.59 Å². The number of rotatable bonds is 6. The highest BCUT2D eigenvalue weighted by atomic mass is 32.1. The van der Waals surface area contributed by atoms with Gasteiger partial charge in [-0.1, -0.05) is 43.7 Å². The number of aromatic nitrogens is 1. The molecule has 0 bridgehead atoms. The number of carbonyl (C=O) groups is 1. The van der Waals surface area contributed by atoms with Crippen molar-refractivity contribution >= 4 is 27.5 Å². The summed E-state index contributed by atoms with van der Waals surface area (Å²) in [5, 5.41) is 12.4. The van der Waals surface area contributed by atoms with Gasteiger partial charge in [-0.3, -0.25) is 9.59 Å². The van der Waals surface area contributed by atoms with Crippen LogP contribution in [0.2, 0.25) is 0 Å². The van der Waals surface area contributed by atoms with Gasteiger partial charge in [0.2, 0.25) is 5.43 Å². The van der Waals surface area contributed by atoms with Crippen molar-refractivity contribution in [1.82, 2.24) is 9.88 Å². The number of hydrogen-bond donors (Lipinski definition) is 2. The van der Waals surface area contributed by atoms with Crippen LogP contribution < -0.4 is 10.7 Å². The minimum atomic E-state index is -0.365. The predicted octanol–water partition coefficient (Wildman–Crippen LogP) is 3.79. The molecule has 0 aliphatic heterocycles.